The van der Waals surface area contributed by atoms with E-state index in [1.165, 1.54) is 34.6 Å². The fourth-order valence-corrected chi connectivity index (χ4v) is 1.34. The Labute approximate surface area is 227 Å². The third kappa shape index (κ3) is 105. The molecule has 13 nitrogen and oxygen atoms in total. The summed E-state index contributed by atoms with van der Waals surface area (Å²) in [4.78, 5) is 59.4. The molecule has 0 amide bonds. The second-order valence-corrected chi connectivity index (χ2v) is 5.90. The van der Waals surface area contributed by atoms with E-state index in [2.05, 4.69) is 28.4 Å². The minimum absolute atomic E-state index is 0.105. The summed E-state index contributed by atoms with van der Waals surface area (Å²) in [7, 11) is 0. The molecule has 228 valence electrons. The molecule has 0 aromatic heterocycles. The van der Waals surface area contributed by atoms with Crippen molar-refractivity contribution in [2.45, 2.75) is 82.6 Å². The number of hydrogen-bond acceptors (Lipinski definition) is 13. The molecule has 13 heteroatoms. The molecule has 0 radical (unpaired) electrons. The van der Waals surface area contributed by atoms with E-state index in [0.29, 0.717) is 39.6 Å². The van der Waals surface area contributed by atoms with Gasteiger partial charge in [0.1, 0.15) is 0 Å². The highest BCUT2D eigenvalue weighted by molar-refractivity contribution is 5.69. The highest BCUT2D eigenvalue weighted by Crippen LogP contribution is 1.82. The predicted molar refractivity (Wildman–Crippen MR) is 140 cm³/mol. The molecular formula is C25H50O13. The van der Waals surface area contributed by atoms with Gasteiger partial charge in [-0.3, -0.25) is 28.8 Å². The predicted octanol–water partition coefficient (Wildman–Crippen LogP) is 2.78. The summed E-state index contributed by atoms with van der Waals surface area (Å²) >= 11 is 0. The van der Waals surface area contributed by atoms with Crippen LogP contribution in [0.2, 0.25) is 0 Å². The van der Waals surface area contributed by atoms with E-state index in [9.17, 15) is 28.8 Å². The van der Waals surface area contributed by atoms with Crippen LogP contribution < -0.4 is 0 Å². The Morgan fingerprint density at radius 3 is 0.684 bits per heavy atom. The van der Waals surface area contributed by atoms with Gasteiger partial charge in [-0.05, 0) is 41.5 Å². The lowest BCUT2D eigenvalue weighted by Gasteiger charge is -1.96. The maximum absolute atomic E-state index is 10.3. The lowest BCUT2D eigenvalue weighted by molar-refractivity contribution is -0.144. The fraction of sp³-hybridized carbons (Fsp3) is 0.760. The average Bonchev–Trinajstić information content (AvgIpc) is 2.76. The van der Waals surface area contributed by atoms with Crippen LogP contribution >= 0.6 is 0 Å². The molecule has 38 heavy (non-hydrogen) atoms. The van der Waals surface area contributed by atoms with Crippen molar-refractivity contribution < 1.29 is 62.3 Å². The van der Waals surface area contributed by atoms with Crippen LogP contribution in [0.15, 0.2) is 0 Å². The number of rotatable bonds is 8. The van der Waals surface area contributed by atoms with Crippen molar-refractivity contribution in [3.8, 4) is 0 Å². The zero-order chi connectivity index (χ0) is 31.4. The Hall–Kier alpha value is -3.22. The number of hydrogen-bond donors (Lipinski definition) is 1. The Kier molecular flexibility index (Phi) is 55.3. The van der Waals surface area contributed by atoms with E-state index < -0.39 is 0 Å². The largest absolute Gasteiger partial charge is 0.466 e. The van der Waals surface area contributed by atoms with Crippen molar-refractivity contribution in [1.82, 2.24) is 0 Å². The molecule has 0 aromatic rings. The molecule has 0 fully saturated rings. The minimum atomic E-state index is -0.338. The molecule has 0 aliphatic carbocycles. The summed E-state index contributed by atoms with van der Waals surface area (Å²) in [6.07, 6.45) is 0.105. The van der Waals surface area contributed by atoms with Crippen LogP contribution in [0.1, 0.15) is 82.6 Å². The van der Waals surface area contributed by atoms with E-state index >= 15 is 0 Å². The summed E-state index contributed by atoms with van der Waals surface area (Å²) in [5.74, 6) is -1.39. The third-order valence-electron chi connectivity index (χ3n) is 2.36. The molecule has 1 N–H and O–H groups in total. The van der Waals surface area contributed by atoms with Crippen molar-refractivity contribution >= 4 is 35.8 Å². The van der Waals surface area contributed by atoms with Crippen LogP contribution in [0.4, 0.5) is 0 Å². The van der Waals surface area contributed by atoms with Gasteiger partial charge < -0.3 is 33.5 Å². The van der Waals surface area contributed by atoms with Gasteiger partial charge in [-0.25, -0.2) is 0 Å². The number of carbonyl (C=O) groups excluding carboxylic acids is 6. The van der Waals surface area contributed by atoms with Gasteiger partial charge in [0.25, 0.3) is 0 Å². The molecule has 0 aliphatic rings. The highest BCUT2D eigenvalue weighted by Gasteiger charge is 1.96. The van der Waals surface area contributed by atoms with Gasteiger partial charge in [0.05, 0.1) is 52.7 Å². The van der Waals surface area contributed by atoms with E-state index in [1.807, 2.05) is 0 Å². The maximum atomic E-state index is 10.3. The SMILES string of the molecule is CCOC(=O)CCO.CCOC(C)=O.CCOC(C)=O.CCOC(C)=O.CCOC(C)=O.CCOC(C)=O. The second-order valence-electron chi connectivity index (χ2n) is 5.90. The first-order valence-corrected chi connectivity index (χ1v) is 12.1. The summed E-state index contributed by atoms with van der Waals surface area (Å²) in [6, 6.07) is 0. The lowest BCUT2D eigenvalue weighted by atomic mass is 10.5. The molecular weight excluding hydrogens is 508 g/mol. The lowest BCUT2D eigenvalue weighted by Crippen LogP contribution is -2.05. The molecule has 0 saturated carbocycles. The van der Waals surface area contributed by atoms with Crippen molar-refractivity contribution in [3.05, 3.63) is 0 Å². The monoisotopic (exact) mass is 558 g/mol. The van der Waals surface area contributed by atoms with Gasteiger partial charge >= 0.3 is 35.8 Å². The van der Waals surface area contributed by atoms with Crippen molar-refractivity contribution in [2.75, 3.05) is 46.2 Å². The Morgan fingerprint density at radius 2 is 0.605 bits per heavy atom. The van der Waals surface area contributed by atoms with Crippen molar-refractivity contribution in [1.29, 1.82) is 0 Å². The van der Waals surface area contributed by atoms with E-state index in [-0.39, 0.29) is 48.8 Å². The third-order valence-corrected chi connectivity index (χ3v) is 2.36. The summed E-state index contributed by atoms with van der Waals surface area (Å²) < 4.78 is 26.5. The summed E-state index contributed by atoms with van der Waals surface area (Å²) in [5.41, 5.74) is 0. The molecule has 0 bridgehead atoms. The number of esters is 6. The van der Waals surface area contributed by atoms with Crippen molar-refractivity contribution in [3.63, 3.8) is 0 Å². The van der Waals surface area contributed by atoms with Crippen LogP contribution in [-0.4, -0.2) is 87.2 Å². The first-order valence-electron chi connectivity index (χ1n) is 12.1. The van der Waals surface area contributed by atoms with Gasteiger partial charge in [-0.2, -0.15) is 0 Å². The first kappa shape index (κ1) is 47.9. The first-order chi connectivity index (χ1) is 17.7. The van der Waals surface area contributed by atoms with Gasteiger partial charge in [-0.15, -0.1) is 0 Å². The Balaban J connectivity index is -0.0000000812. The normalized spacial score (nSPS) is 7.89. The molecule has 0 spiro atoms. The molecule has 0 aliphatic heterocycles. The van der Waals surface area contributed by atoms with Gasteiger partial charge in [-0.1, -0.05) is 0 Å². The van der Waals surface area contributed by atoms with Crippen molar-refractivity contribution in [2.24, 2.45) is 0 Å². The molecule has 0 unspecified atom stereocenters. The molecule has 0 rings (SSSR count). The van der Waals surface area contributed by atoms with Crippen LogP contribution in [-0.2, 0) is 57.2 Å². The quantitative estimate of drug-likeness (QED) is 0.340. The second kappa shape index (κ2) is 43.8. The minimum Gasteiger partial charge on any atom is -0.466 e. The van der Waals surface area contributed by atoms with E-state index in [1.54, 1.807) is 41.5 Å². The van der Waals surface area contributed by atoms with Gasteiger partial charge in [0.2, 0.25) is 0 Å². The zero-order valence-corrected chi connectivity index (χ0v) is 25.0. The molecule has 0 heterocycles. The fourth-order valence-electron chi connectivity index (χ4n) is 1.34. The Morgan fingerprint density at radius 1 is 0.421 bits per heavy atom. The zero-order valence-electron chi connectivity index (χ0n) is 25.0. The topological polar surface area (TPSA) is 178 Å². The van der Waals surface area contributed by atoms with Gasteiger partial charge in [0.15, 0.2) is 0 Å². The van der Waals surface area contributed by atoms with Crippen LogP contribution in [0.25, 0.3) is 0 Å². The maximum Gasteiger partial charge on any atom is 0.308 e. The number of carbonyl (C=O) groups is 6. The van der Waals surface area contributed by atoms with Crippen LogP contribution in [0.5, 0.6) is 0 Å². The number of ether oxygens (including phenoxy) is 6. The number of aliphatic hydroxyl groups is 1. The average molecular weight is 559 g/mol. The van der Waals surface area contributed by atoms with Crippen LogP contribution in [0, 0.1) is 0 Å². The van der Waals surface area contributed by atoms with Gasteiger partial charge in [0, 0.05) is 34.6 Å². The van der Waals surface area contributed by atoms with Crippen LogP contribution in [0.3, 0.4) is 0 Å². The smallest absolute Gasteiger partial charge is 0.308 e. The molecule has 0 aromatic carbocycles. The van der Waals surface area contributed by atoms with E-state index in [4.69, 9.17) is 5.11 Å². The summed E-state index contributed by atoms with van der Waals surface area (Å²) in [6.45, 7) is 20.3. The van der Waals surface area contributed by atoms with E-state index in [0.717, 1.165) is 0 Å². The number of aliphatic hydroxyl groups excluding tert-OH is 1. The highest BCUT2D eigenvalue weighted by atomic mass is 16.5. The Bertz CT molecular complexity index is 475. The standard InChI is InChI=1S/C5H10O3.5C4H8O2/c1-2-8-5(7)3-4-6;5*1-3-6-4(2)5/h6H,2-4H2,1H3;5*3H2,1-2H3. The molecule has 0 saturated heterocycles. The molecule has 0 atom stereocenters. The summed E-state index contributed by atoms with van der Waals surface area (Å²) in [5, 5.41) is 8.16.